The predicted molar refractivity (Wildman–Crippen MR) is 121 cm³/mol. The van der Waals surface area contributed by atoms with Crippen LogP contribution in [0.15, 0.2) is 48.5 Å². The first-order chi connectivity index (χ1) is 15.8. The van der Waals surface area contributed by atoms with Crippen molar-refractivity contribution in [2.75, 3.05) is 6.61 Å². The van der Waals surface area contributed by atoms with Gasteiger partial charge in [-0.1, -0.05) is 30.3 Å². The van der Waals surface area contributed by atoms with Crippen LogP contribution in [0.5, 0.6) is 0 Å². The number of halogens is 2. The van der Waals surface area contributed by atoms with Crippen LogP contribution in [0.3, 0.4) is 0 Å². The SMILES string of the molecule is CC(=O)N[C@@H](Cc1cc(F)cc(F)c1)[C@@H](O)CC(CCO)NC(=O)CCCc1ccccc1. The molecule has 2 aromatic rings. The molecule has 33 heavy (non-hydrogen) atoms. The first-order valence-corrected chi connectivity index (χ1v) is 11.1. The number of hydrogen-bond acceptors (Lipinski definition) is 4. The van der Waals surface area contributed by atoms with Crippen molar-refractivity contribution in [3.05, 3.63) is 71.3 Å². The number of aliphatic hydroxyl groups excluding tert-OH is 2. The zero-order valence-corrected chi connectivity index (χ0v) is 18.8. The molecule has 0 heterocycles. The van der Waals surface area contributed by atoms with Crippen LogP contribution >= 0.6 is 0 Å². The number of aryl methyl sites for hydroxylation is 1. The number of benzene rings is 2. The molecule has 4 N–H and O–H groups in total. The highest BCUT2D eigenvalue weighted by atomic mass is 19.1. The van der Waals surface area contributed by atoms with Crippen LogP contribution in [0, 0.1) is 11.6 Å². The summed E-state index contributed by atoms with van der Waals surface area (Å²) >= 11 is 0. The summed E-state index contributed by atoms with van der Waals surface area (Å²) in [5, 5.41) is 25.6. The molecule has 0 saturated carbocycles. The fourth-order valence-electron chi connectivity index (χ4n) is 3.79. The Labute approximate surface area is 193 Å². The molecule has 2 amide bonds. The molecule has 0 radical (unpaired) electrons. The quantitative estimate of drug-likeness (QED) is 0.368. The second kappa shape index (κ2) is 13.6. The van der Waals surface area contributed by atoms with Crippen LogP contribution in [0.25, 0.3) is 0 Å². The van der Waals surface area contributed by atoms with E-state index in [1.54, 1.807) is 0 Å². The van der Waals surface area contributed by atoms with Crippen LogP contribution in [-0.4, -0.2) is 46.8 Å². The molecule has 180 valence electrons. The van der Waals surface area contributed by atoms with Crippen molar-refractivity contribution >= 4 is 11.8 Å². The van der Waals surface area contributed by atoms with E-state index in [9.17, 15) is 28.6 Å². The van der Waals surface area contributed by atoms with E-state index in [4.69, 9.17) is 0 Å². The fourth-order valence-corrected chi connectivity index (χ4v) is 3.79. The smallest absolute Gasteiger partial charge is 0.220 e. The fraction of sp³-hybridized carbons (Fsp3) is 0.440. The van der Waals surface area contributed by atoms with Gasteiger partial charge in [0.1, 0.15) is 11.6 Å². The lowest BCUT2D eigenvalue weighted by Gasteiger charge is -2.28. The topological polar surface area (TPSA) is 98.7 Å². The van der Waals surface area contributed by atoms with E-state index in [1.165, 1.54) is 6.92 Å². The molecule has 0 saturated heterocycles. The summed E-state index contributed by atoms with van der Waals surface area (Å²) in [5.41, 5.74) is 1.42. The number of rotatable bonds is 13. The van der Waals surface area contributed by atoms with Crippen molar-refractivity contribution in [3.8, 4) is 0 Å². The Morgan fingerprint density at radius 3 is 2.27 bits per heavy atom. The average molecular weight is 463 g/mol. The van der Waals surface area contributed by atoms with Crippen LogP contribution in [0.2, 0.25) is 0 Å². The van der Waals surface area contributed by atoms with Crippen molar-refractivity contribution in [1.29, 1.82) is 0 Å². The van der Waals surface area contributed by atoms with Gasteiger partial charge in [0, 0.05) is 32.1 Å². The first-order valence-electron chi connectivity index (χ1n) is 11.1. The second-order valence-corrected chi connectivity index (χ2v) is 8.21. The zero-order chi connectivity index (χ0) is 24.2. The molecule has 0 aliphatic carbocycles. The van der Waals surface area contributed by atoms with Crippen molar-refractivity contribution in [3.63, 3.8) is 0 Å². The molecular formula is C25H32F2N2O4. The van der Waals surface area contributed by atoms with Crippen molar-refractivity contribution in [2.24, 2.45) is 0 Å². The first kappa shape index (κ1) is 26.4. The van der Waals surface area contributed by atoms with Gasteiger partial charge in [0.05, 0.1) is 12.1 Å². The lowest BCUT2D eigenvalue weighted by atomic mass is 9.95. The number of carbonyl (C=O) groups excluding carboxylic acids is 2. The average Bonchev–Trinajstić information content (AvgIpc) is 2.73. The highest BCUT2D eigenvalue weighted by molar-refractivity contribution is 5.76. The lowest BCUT2D eigenvalue weighted by molar-refractivity contribution is -0.123. The maximum absolute atomic E-state index is 13.5. The van der Waals surface area contributed by atoms with Crippen LogP contribution in [0.4, 0.5) is 8.78 Å². The molecular weight excluding hydrogens is 430 g/mol. The number of hydrogen-bond donors (Lipinski definition) is 4. The van der Waals surface area contributed by atoms with E-state index in [-0.39, 0.29) is 37.3 Å². The van der Waals surface area contributed by atoms with Gasteiger partial charge in [0.15, 0.2) is 0 Å². The van der Waals surface area contributed by atoms with Crippen molar-refractivity contribution in [2.45, 2.75) is 63.6 Å². The largest absolute Gasteiger partial charge is 0.396 e. The summed E-state index contributed by atoms with van der Waals surface area (Å²) in [6, 6.07) is 11.5. The maximum atomic E-state index is 13.5. The summed E-state index contributed by atoms with van der Waals surface area (Å²) in [6.07, 6.45) is 0.898. The summed E-state index contributed by atoms with van der Waals surface area (Å²) in [4.78, 5) is 24.0. The Hall–Kier alpha value is -2.84. The van der Waals surface area contributed by atoms with Crippen LogP contribution < -0.4 is 10.6 Å². The molecule has 2 aromatic carbocycles. The van der Waals surface area contributed by atoms with Crippen molar-refractivity contribution in [1.82, 2.24) is 10.6 Å². The molecule has 0 bridgehead atoms. The molecule has 0 aliphatic heterocycles. The minimum absolute atomic E-state index is 0.00624. The highest BCUT2D eigenvalue weighted by Crippen LogP contribution is 2.15. The Morgan fingerprint density at radius 2 is 1.67 bits per heavy atom. The van der Waals surface area contributed by atoms with Crippen LogP contribution in [-0.2, 0) is 22.4 Å². The molecule has 3 atom stereocenters. The van der Waals surface area contributed by atoms with E-state index in [1.807, 2.05) is 30.3 Å². The summed E-state index contributed by atoms with van der Waals surface area (Å²) in [5.74, 6) is -2.09. The summed E-state index contributed by atoms with van der Waals surface area (Å²) in [7, 11) is 0. The van der Waals surface area contributed by atoms with Gasteiger partial charge in [-0.05, 0) is 55.4 Å². The minimum Gasteiger partial charge on any atom is -0.396 e. The van der Waals surface area contributed by atoms with Gasteiger partial charge in [-0.25, -0.2) is 8.78 Å². The molecule has 2 rings (SSSR count). The summed E-state index contributed by atoms with van der Waals surface area (Å²) < 4.78 is 27.1. The highest BCUT2D eigenvalue weighted by Gasteiger charge is 2.25. The van der Waals surface area contributed by atoms with E-state index in [2.05, 4.69) is 10.6 Å². The number of nitrogens with one attached hydrogen (secondary N) is 2. The molecule has 8 heteroatoms. The zero-order valence-electron chi connectivity index (χ0n) is 18.8. The predicted octanol–water partition coefficient (Wildman–Crippen LogP) is 2.65. The third-order valence-electron chi connectivity index (χ3n) is 5.31. The van der Waals surface area contributed by atoms with Gasteiger partial charge >= 0.3 is 0 Å². The van der Waals surface area contributed by atoms with Gasteiger partial charge in [0.25, 0.3) is 0 Å². The molecule has 0 fully saturated rings. The van der Waals surface area contributed by atoms with Gasteiger partial charge in [0.2, 0.25) is 11.8 Å². The minimum atomic E-state index is -1.11. The second-order valence-electron chi connectivity index (χ2n) is 8.21. The standard InChI is InChI=1S/C25H32F2N2O4/c1-17(31)28-23(14-19-12-20(26)15-21(27)13-19)24(32)16-22(10-11-30)29-25(33)9-5-8-18-6-3-2-4-7-18/h2-4,6-7,12-13,15,22-24,30,32H,5,8-11,14,16H2,1H3,(H,28,31)(H,29,33)/t22?,23-,24-/m0/s1. The number of aliphatic hydroxyl groups is 2. The molecule has 1 unspecified atom stereocenters. The maximum Gasteiger partial charge on any atom is 0.220 e. The third kappa shape index (κ3) is 10.1. The Balaban J connectivity index is 1.95. The monoisotopic (exact) mass is 462 g/mol. The molecule has 0 aromatic heterocycles. The van der Waals surface area contributed by atoms with E-state index in [0.717, 1.165) is 30.2 Å². The Bertz CT molecular complexity index is 875. The van der Waals surface area contributed by atoms with E-state index < -0.39 is 35.7 Å². The van der Waals surface area contributed by atoms with Gasteiger partial charge in [-0.2, -0.15) is 0 Å². The molecule has 0 aliphatic rings. The van der Waals surface area contributed by atoms with Gasteiger partial charge < -0.3 is 20.8 Å². The Morgan fingerprint density at radius 1 is 1.00 bits per heavy atom. The van der Waals surface area contributed by atoms with E-state index in [0.29, 0.717) is 12.8 Å². The molecule has 0 spiro atoms. The lowest BCUT2D eigenvalue weighted by Crippen LogP contribution is -2.47. The third-order valence-corrected chi connectivity index (χ3v) is 5.31. The number of carbonyl (C=O) groups is 2. The molecule has 6 nitrogen and oxygen atoms in total. The van der Waals surface area contributed by atoms with Gasteiger partial charge in [-0.3, -0.25) is 9.59 Å². The summed E-state index contributed by atoms with van der Waals surface area (Å²) in [6.45, 7) is 1.09. The van der Waals surface area contributed by atoms with Crippen molar-refractivity contribution < 1.29 is 28.6 Å². The van der Waals surface area contributed by atoms with Gasteiger partial charge in [-0.15, -0.1) is 0 Å². The normalized spacial score (nSPS) is 13.7. The Kier molecular flexibility index (Phi) is 10.9. The number of amides is 2. The van der Waals surface area contributed by atoms with E-state index >= 15 is 0 Å². The van der Waals surface area contributed by atoms with Crippen LogP contribution in [0.1, 0.15) is 43.7 Å².